The molecule has 1 aliphatic rings. The molecule has 20 heavy (non-hydrogen) atoms. The van der Waals surface area contributed by atoms with Gasteiger partial charge >= 0.3 is 0 Å². The highest BCUT2D eigenvalue weighted by atomic mass is 35.5. The molecule has 0 radical (unpaired) electrons. The van der Waals surface area contributed by atoms with Crippen LogP contribution in [0.25, 0.3) is 0 Å². The van der Waals surface area contributed by atoms with Crippen LogP contribution < -0.4 is 16.0 Å². The van der Waals surface area contributed by atoms with Crippen molar-refractivity contribution in [3.63, 3.8) is 0 Å². The molecule has 0 bridgehead atoms. The number of hydrogen-bond acceptors (Lipinski definition) is 3. The predicted octanol–water partition coefficient (Wildman–Crippen LogP) is 2.41. The van der Waals surface area contributed by atoms with Crippen molar-refractivity contribution in [3.05, 3.63) is 28.8 Å². The van der Waals surface area contributed by atoms with Gasteiger partial charge in [-0.25, -0.2) is 0 Å². The van der Waals surface area contributed by atoms with Gasteiger partial charge in [-0.3, -0.25) is 4.79 Å². The molecule has 0 spiro atoms. The van der Waals surface area contributed by atoms with Gasteiger partial charge in [-0.05, 0) is 31.0 Å². The summed E-state index contributed by atoms with van der Waals surface area (Å²) in [6, 6.07) is 6.45. The van der Waals surface area contributed by atoms with E-state index in [1.807, 2.05) is 12.1 Å². The lowest BCUT2D eigenvalue weighted by Crippen LogP contribution is -2.56. The fourth-order valence-corrected chi connectivity index (χ4v) is 2.97. The molecule has 1 heterocycles. The molecular weight excluding hydrogens is 274 g/mol. The fourth-order valence-electron chi connectivity index (χ4n) is 2.70. The summed E-state index contributed by atoms with van der Waals surface area (Å²) in [6.45, 7) is 6.31. The molecule has 1 amide bonds. The number of anilines is 1. The number of nitrogens with two attached hydrogens (primary N) is 1. The summed E-state index contributed by atoms with van der Waals surface area (Å²) >= 11 is 6.16. The molecular formula is C15H22ClN3O. The second kappa shape index (κ2) is 6.46. The maximum Gasteiger partial charge on any atom is 0.250 e. The minimum atomic E-state index is -0.486. The van der Waals surface area contributed by atoms with Crippen molar-refractivity contribution in [3.8, 4) is 0 Å². The second-order valence-electron chi connectivity index (χ2n) is 5.26. The molecule has 1 saturated heterocycles. The Morgan fingerprint density at radius 2 is 2.20 bits per heavy atom. The second-order valence-corrected chi connectivity index (χ2v) is 5.66. The number of benzene rings is 1. The SMILES string of the molecule is CCC1CN(c2ccc(C(N)=O)c(Cl)c2)C(CC)CN1. The van der Waals surface area contributed by atoms with Gasteiger partial charge in [0.15, 0.2) is 0 Å². The number of primary amides is 1. The van der Waals surface area contributed by atoms with Crippen LogP contribution in [0.2, 0.25) is 5.02 Å². The van der Waals surface area contributed by atoms with E-state index >= 15 is 0 Å². The molecule has 1 fully saturated rings. The van der Waals surface area contributed by atoms with Crippen LogP contribution in [0.5, 0.6) is 0 Å². The third kappa shape index (κ3) is 3.07. The van der Waals surface area contributed by atoms with E-state index in [9.17, 15) is 4.79 Å². The van der Waals surface area contributed by atoms with E-state index < -0.39 is 5.91 Å². The lowest BCUT2D eigenvalue weighted by Gasteiger charge is -2.41. The summed E-state index contributed by atoms with van der Waals surface area (Å²) in [5, 5.41) is 3.99. The first-order valence-electron chi connectivity index (χ1n) is 7.16. The smallest absolute Gasteiger partial charge is 0.250 e. The Morgan fingerprint density at radius 3 is 2.75 bits per heavy atom. The predicted molar refractivity (Wildman–Crippen MR) is 83.5 cm³/mol. The summed E-state index contributed by atoms with van der Waals surface area (Å²) in [5.41, 5.74) is 6.74. The van der Waals surface area contributed by atoms with Crippen molar-refractivity contribution >= 4 is 23.2 Å². The normalized spacial score (nSPS) is 22.9. The van der Waals surface area contributed by atoms with Gasteiger partial charge in [0, 0.05) is 30.9 Å². The number of carbonyl (C=O) groups excluding carboxylic acids is 1. The zero-order valence-corrected chi connectivity index (χ0v) is 12.8. The first kappa shape index (κ1) is 15.1. The molecule has 110 valence electrons. The van der Waals surface area contributed by atoms with Crippen LogP contribution in [0.4, 0.5) is 5.69 Å². The zero-order valence-electron chi connectivity index (χ0n) is 12.0. The Morgan fingerprint density at radius 1 is 1.45 bits per heavy atom. The molecule has 3 N–H and O–H groups in total. The van der Waals surface area contributed by atoms with E-state index in [0.717, 1.165) is 31.6 Å². The Balaban J connectivity index is 2.27. The Kier molecular flexibility index (Phi) is 4.89. The van der Waals surface area contributed by atoms with Crippen LogP contribution in [0.15, 0.2) is 18.2 Å². The molecule has 4 nitrogen and oxygen atoms in total. The van der Waals surface area contributed by atoms with E-state index in [-0.39, 0.29) is 0 Å². The first-order chi connectivity index (χ1) is 9.56. The van der Waals surface area contributed by atoms with E-state index in [1.165, 1.54) is 0 Å². The number of nitrogens with one attached hydrogen (secondary N) is 1. The number of amides is 1. The van der Waals surface area contributed by atoms with Gasteiger partial charge in [0.25, 0.3) is 0 Å². The quantitative estimate of drug-likeness (QED) is 0.897. The summed E-state index contributed by atoms with van der Waals surface area (Å²) < 4.78 is 0. The Labute approximate surface area is 125 Å². The van der Waals surface area contributed by atoms with Crippen LogP contribution in [0.1, 0.15) is 37.0 Å². The van der Waals surface area contributed by atoms with Gasteiger partial charge in [0.1, 0.15) is 0 Å². The lowest BCUT2D eigenvalue weighted by molar-refractivity contribution is 0.100. The number of hydrogen-bond donors (Lipinski definition) is 2. The number of rotatable bonds is 4. The molecule has 1 aliphatic heterocycles. The van der Waals surface area contributed by atoms with Gasteiger partial charge in [0.05, 0.1) is 10.6 Å². The third-order valence-electron chi connectivity index (χ3n) is 4.01. The average molecular weight is 296 g/mol. The molecule has 2 unspecified atom stereocenters. The topological polar surface area (TPSA) is 58.4 Å². The van der Waals surface area contributed by atoms with Crippen LogP contribution in [0, 0.1) is 0 Å². The number of carbonyl (C=O) groups is 1. The van der Waals surface area contributed by atoms with Gasteiger partial charge in [0.2, 0.25) is 5.91 Å². The molecule has 5 heteroatoms. The highest BCUT2D eigenvalue weighted by Crippen LogP contribution is 2.27. The maximum atomic E-state index is 11.2. The Hall–Kier alpha value is -1.26. The fraction of sp³-hybridized carbons (Fsp3) is 0.533. The van der Waals surface area contributed by atoms with Crippen LogP contribution in [0.3, 0.4) is 0 Å². The molecule has 1 aromatic carbocycles. The number of halogens is 1. The third-order valence-corrected chi connectivity index (χ3v) is 4.33. The van der Waals surface area contributed by atoms with E-state index in [1.54, 1.807) is 6.07 Å². The summed E-state index contributed by atoms with van der Waals surface area (Å²) in [4.78, 5) is 13.6. The molecule has 0 aliphatic carbocycles. The van der Waals surface area contributed by atoms with Gasteiger partial charge < -0.3 is 16.0 Å². The van der Waals surface area contributed by atoms with E-state index in [4.69, 9.17) is 17.3 Å². The minimum absolute atomic E-state index is 0.380. The van der Waals surface area contributed by atoms with Crippen molar-refractivity contribution in [2.75, 3.05) is 18.0 Å². The molecule has 0 saturated carbocycles. The molecule has 1 aromatic rings. The van der Waals surface area contributed by atoms with Crippen molar-refractivity contribution in [2.24, 2.45) is 5.73 Å². The van der Waals surface area contributed by atoms with Crippen LogP contribution >= 0.6 is 11.6 Å². The first-order valence-corrected chi connectivity index (χ1v) is 7.54. The van der Waals surface area contributed by atoms with Gasteiger partial charge in [-0.1, -0.05) is 25.4 Å². The maximum absolute atomic E-state index is 11.2. The average Bonchev–Trinajstić information content (AvgIpc) is 2.46. The molecule has 2 atom stereocenters. The van der Waals surface area contributed by atoms with Crippen molar-refractivity contribution < 1.29 is 4.79 Å². The number of piperazine rings is 1. The highest BCUT2D eigenvalue weighted by Gasteiger charge is 2.26. The van der Waals surface area contributed by atoms with Crippen molar-refractivity contribution in [1.29, 1.82) is 0 Å². The lowest BCUT2D eigenvalue weighted by atomic mass is 10.0. The van der Waals surface area contributed by atoms with Gasteiger partial charge in [-0.2, -0.15) is 0 Å². The van der Waals surface area contributed by atoms with Crippen molar-refractivity contribution in [1.82, 2.24) is 5.32 Å². The molecule has 0 aromatic heterocycles. The minimum Gasteiger partial charge on any atom is -0.366 e. The van der Waals surface area contributed by atoms with Gasteiger partial charge in [-0.15, -0.1) is 0 Å². The monoisotopic (exact) mass is 295 g/mol. The summed E-state index contributed by atoms with van der Waals surface area (Å²) in [7, 11) is 0. The Bertz CT molecular complexity index is 492. The van der Waals surface area contributed by atoms with Crippen LogP contribution in [-0.2, 0) is 0 Å². The van der Waals surface area contributed by atoms with E-state index in [2.05, 4.69) is 24.1 Å². The number of nitrogens with zero attached hydrogens (tertiary/aromatic N) is 1. The standard InChI is InChI=1S/C15H22ClN3O/c1-3-10-9-19(11(4-2)8-18-10)12-5-6-13(15(17)20)14(16)7-12/h5-7,10-11,18H,3-4,8-9H2,1-2H3,(H2,17,20). The molecule has 2 rings (SSSR count). The van der Waals surface area contributed by atoms with Crippen LogP contribution in [-0.4, -0.2) is 31.1 Å². The zero-order chi connectivity index (χ0) is 14.7. The summed E-state index contributed by atoms with van der Waals surface area (Å²) in [6.07, 6.45) is 2.17. The van der Waals surface area contributed by atoms with Crippen molar-refractivity contribution in [2.45, 2.75) is 38.8 Å². The largest absolute Gasteiger partial charge is 0.366 e. The highest BCUT2D eigenvalue weighted by molar-refractivity contribution is 6.34. The van der Waals surface area contributed by atoms with E-state index in [0.29, 0.717) is 22.7 Å². The summed E-state index contributed by atoms with van der Waals surface area (Å²) in [5.74, 6) is -0.486.